The number of rotatable bonds is 22. The van der Waals surface area contributed by atoms with E-state index in [1.54, 1.807) is 60.7 Å². The highest BCUT2D eigenvalue weighted by atomic mass is 16.5. The zero-order valence-corrected chi connectivity index (χ0v) is 26.8. The predicted octanol–water partition coefficient (Wildman–Crippen LogP) is 11.8. The van der Waals surface area contributed by atoms with Crippen LogP contribution in [0, 0.1) is 0 Å². The Bertz CT molecular complexity index is 1250. The van der Waals surface area contributed by atoms with Gasteiger partial charge in [-0.25, -0.2) is 4.79 Å². The van der Waals surface area contributed by atoms with Gasteiger partial charge in [0, 0.05) is 12.0 Å². The standard InChI is InChI=1S/C38H50N2O4/c1-3-5-6-7-8-9-10-11-12-13-14-15-16-17-30-43-35-26-20-32(21-27-35)38(42)44-36-28-24-34(25-29-36)40-39-33-22-18-31(19-23-33)37(41)4-2/h18-29H,3-17,30H2,1-2H3. The molecule has 0 aliphatic heterocycles. The zero-order chi connectivity index (χ0) is 31.2. The molecule has 44 heavy (non-hydrogen) atoms. The summed E-state index contributed by atoms with van der Waals surface area (Å²) >= 11 is 0. The molecule has 0 aliphatic carbocycles. The number of azo groups is 1. The third-order valence-corrected chi connectivity index (χ3v) is 7.70. The van der Waals surface area contributed by atoms with Crippen molar-refractivity contribution in [1.29, 1.82) is 0 Å². The van der Waals surface area contributed by atoms with E-state index in [0.717, 1.165) is 12.2 Å². The normalized spacial score (nSPS) is 11.1. The predicted molar refractivity (Wildman–Crippen MR) is 179 cm³/mol. The van der Waals surface area contributed by atoms with E-state index in [1.165, 1.54) is 83.5 Å². The molecular weight excluding hydrogens is 548 g/mol. The van der Waals surface area contributed by atoms with Gasteiger partial charge in [0.15, 0.2) is 5.78 Å². The summed E-state index contributed by atoms with van der Waals surface area (Å²) in [5.74, 6) is 0.852. The van der Waals surface area contributed by atoms with Crippen LogP contribution in [0.15, 0.2) is 83.0 Å². The molecule has 0 aromatic heterocycles. The van der Waals surface area contributed by atoms with Gasteiger partial charge in [0.25, 0.3) is 0 Å². The van der Waals surface area contributed by atoms with E-state index >= 15 is 0 Å². The van der Waals surface area contributed by atoms with Crippen molar-refractivity contribution in [2.75, 3.05) is 6.61 Å². The number of ketones is 1. The quantitative estimate of drug-likeness (QED) is 0.0379. The van der Waals surface area contributed by atoms with Crippen molar-refractivity contribution in [3.05, 3.63) is 83.9 Å². The Morgan fingerprint density at radius 2 is 0.955 bits per heavy atom. The number of Topliss-reactive ketones (excluding diaryl/α,β-unsaturated/α-hetero) is 1. The van der Waals surface area contributed by atoms with Gasteiger partial charge in [0.2, 0.25) is 0 Å². The van der Waals surface area contributed by atoms with E-state index < -0.39 is 5.97 Å². The number of ether oxygens (including phenoxy) is 2. The first-order valence-electron chi connectivity index (χ1n) is 16.7. The molecule has 0 radical (unpaired) electrons. The minimum Gasteiger partial charge on any atom is -0.494 e. The summed E-state index contributed by atoms with van der Waals surface area (Å²) in [7, 11) is 0. The second-order valence-electron chi connectivity index (χ2n) is 11.4. The van der Waals surface area contributed by atoms with Crippen molar-refractivity contribution >= 4 is 23.1 Å². The van der Waals surface area contributed by atoms with Crippen LogP contribution in [0.5, 0.6) is 11.5 Å². The summed E-state index contributed by atoms with van der Waals surface area (Å²) in [6.07, 6.45) is 19.2. The number of carbonyl (C=O) groups is 2. The molecule has 236 valence electrons. The third-order valence-electron chi connectivity index (χ3n) is 7.70. The van der Waals surface area contributed by atoms with Crippen LogP contribution in [0.1, 0.15) is 131 Å². The lowest BCUT2D eigenvalue weighted by Crippen LogP contribution is -2.08. The fraction of sp³-hybridized carbons (Fsp3) is 0.474. The topological polar surface area (TPSA) is 77.3 Å². The fourth-order valence-electron chi connectivity index (χ4n) is 4.95. The molecule has 0 heterocycles. The highest BCUT2D eigenvalue weighted by Crippen LogP contribution is 2.23. The van der Waals surface area contributed by atoms with Gasteiger partial charge < -0.3 is 9.47 Å². The van der Waals surface area contributed by atoms with Crippen molar-refractivity contribution in [1.82, 2.24) is 0 Å². The van der Waals surface area contributed by atoms with Crippen molar-refractivity contribution in [3.63, 3.8) is 0 Å². The van der Waals surface area contributed by atoms with Gasteiger partial charge in [-0.05, 0) is 79.2 Å². The van der Waals surface area contributed by atoms with Gasteiger partial charge in [0.05, 0.1) is 23.5 Å². The number of benzene rings is 3. The Labute approximate surface area is 264 Å². The van der Waals surface area contributed by atoms with Crippen LogP contribution in [0.4, 0.5) is 11.4 Å². The first-order chi connectivity index (χ1) is 21.6. The summed E-state index contributed by atoms with van der Waals surface area (Å²) in [4.78, 5) is 24.3. The highest BCUT2D eigenvalue weighted by molar-refractivity contribution is 5.96. The van der Waals surface area contributed by atoms with Gasteiger partial charge in [-0.3, -0.25) is 4.79 Å². The Kier molecular flexibility index (Phi) is 16.5. The molecular formula is C38H50N2O4. The van der Waals surface area contributed by atoms with Gasteiger partial charge in [-0.15, -0.1) is 0 Å². The van der Waals surface area contributed by atoms with E-state index in [9.17, 15) is 9.59 Å². The lowest BCUT2D eigenvalue weighted by atomic mass is 10.0. The molecule has 0 saturated heterocycles. The van der Waals surface area contributed by atoms with Crippen LogP contribution in [-0.4, -0.2) is 18.4 Å². The minimum atomic E-state index is -0.431. The van der Waals surface area contributed by atoms with Gasteiger partial charge in [-0.2, -0.15) is 10.2 Å². The molecule has 0 saturated carbocycles. The van der Waals surface area contributed by atoms with Crippen molar-refractivity contribution in [2.24, 2.45) is 10.2 Å². The Morgan fingerprint density at radius 1 is 0.523 bits per heavy atom. The van der Waals surface area contributed by atoms with Crippen LogP contribution in [0.2, 0.25) is 0 Å². The smallest absolute Gasteiger partial charge is 0.343 e. The lowest BCUT2D eigenvalue weighted by Gasteiger charge is -2.08. The molecule has 0 N–H and O–H groups in total. The third kappa shape index (κ3) is 13.7. The molecule has 3 aromatic carbocycles. The number of nitrogens with zero attached hydrogens (tertiary/aromatic N) is 2. The summed E-state index contributed by atoms with van der Waals surface area (Å²) < 4.78 is 11.4. The fourth-order valence-corrected chi connectivity index (χ4v) is 4.95. The van der Waals surface area contributed by atoms with Crippen LogP contribution in [0.25, 0.3) is 0 Å². The molecule has 3 rings (SSSR count). The summed E-state index contributed by atoms with van der Waals surface area (Å²) in [5.41, 5.74) is 2.40. The maximum absolute atomic E-state index is 12.6. The van der Waals surface area contributed by atoms with Gasteiger partial charge >= 0.3 is 5.97 Å². The second-order valence-corrected chi connectivity index (χ2v) is 11.4. The Hall–Kier alpha value is -3.80. The molecule has 0 amide bonds. The van der Waals surface area contributed by atoms with Crippen molar-refractivity contribution in [3.8, 4) is 11.5 Å². The average molecular weight is 599 g/mol. The van der Waals surface area contributed by atoms with Crippen LogP contribution in [0.3, 0.4) is 0 Å². The minimum absolute atomic E-state index is 0.0957. The number of hydrogen-bond acceptors (Lipinski definition) is 6. The van der Waals surface area contributed by atoms with E-state index in [1.807, 2.05) is 19.1 Å². The molecule has 0 atom stereocenters. The molecule has 0 aliphatic rings. The average Bonchev–Trinajstić information content (AvgIpc) is 3.06. The number of carbonyl (C=O) groups excluding carboxylic acids is 2. The van der Waals surface area contributed by atoms with Crippen molar-refractivity contribution < 1.29 is 19.1 Å². The Balaban J connectivity index is 1.26. The first-order valence-corrected chi connectivity index (χ1v) is 16.7. The van der Waals surface area contributed by atoms with Crippen LogP contribution in [-0.2, 0) is 0 Å². The molecule has 0 unspecified atom stereocenters. The summed E-state index contributed by atoms with van der Waals surface area (Å²) in [6, 6.07) is 20.9. The summed E-state index contributed by atoms with van der Waals surface area (Å²) in [5, 5.41) is 8.42. The van der Waals surface area contributed by atoms with Gasteiger partial charge in [0.1, 0.15) is 11.5 Å². The largest absolute Gasteiger partial charge is 0.494 e. The van der Waals surface area contributed by atoms with Crippen LogP contribution < -0.4 is 9.47 Å². The molecule has 0 spiro atoms. The maximum Gasteiger partial charge on any atom is 0.343 e. The lowest BCUT2D eigenvalue weighted by molar-refractivity contribution is 0.0734. The molecule has 6 nitrogen and oxygen atoms in total. The number of unbranched alkanes of at least 4 members (excludes halogenated alkanes) is 13. The molecule has 0 bridgehead atoms. The monoisotopic (exact) mass is 598 g/mol. The summed E-state index contributed by atoms with van der Waals surface area (Å²) in [6.45, 7) is 4.80. The number of hydrogen-bond donors (Lipinski definition) is 0. The molecule has 3 aromatic rings. The number of esters is 1. The maximum atomic E-state index is 12.6. The first kappa shape index (κ1) is 34.7. The molecule has 6 heteroatoms. The van der Waals surface area contributed by atoms with Crippen molar-refractivity contribution in [2.45, 2.75) is 110 Å². The second kappa shape index (κ2) is 21.0. The Morgan fingerprint density at radius 3 is 1.45 bits per heavy atom. The van der Waals surface area contributed by atoms with Gasteiger partial charge in [-0.1, -0.05) is 97.3 Å². The molecule has 0 fully saturated rings. The highest BCUT2D eigenvalue weighted by Gasteiger charge is 2.09. The SMILES string of the molecule is CCCCCCCCCCCCCCCCOc1ccc(C(=O)Oc2ccc(N=Nc3ccc(C(=O)CC)cc3)cc2)cc1. The van der Waals surface area contributed by atoms with E-state index in [-0.39, 0.29) is 5.78 Å². The van der Waals surface area contributed by atoms with E-state index in [2.05, 4.69) is 17.2 Å². The van der Waals surface area contributed by atoms with Crippen LogP contribution >= 0.6 is 0 Å². The van der Waals surface area contributed by atoms with E-state index in [4.69, 9.17) is 9.47 Å². The van der Waals surface area contributed by atoms with E-state index in [0.29, 0.717) is 41.3 Å². The zero-order valence-electron chi connectivity index (χ0n) is 26.8.